The summed E-state index contributed by atoms with van der Waals surface area (Å²) in [5.74, 6) is 2.29. The van der Waals surface area contributed by atoms with Crippen LogP contribution < -0.4 is 9.47 Å². The molecule has 1 saturated carbocycles. The predicted octanol–water partition coefficient (Wildman–Crippen LogP) is 2.60. The van der Waals surface area contributed by atoms with Gasteiger partial charge in [0.05, 0.1) is 19.3 Å². The summed E-state index contributed by atoms with van der Waals surface area (Å²) in [5, 5.41) is 0. The molecule has 2 fully saturated rings. The van der Waals surface area contributed by atoms with E-state index in [9.17, 15) is 0 Å². The van der Waals surface area contributed by atoms with Gasteiger partial charge in [-0.15, -0.1) is 6.58 Å². The van der Waals surface area contributed by atoms with Crippen molar-refractivity contribution < 1.29 is 18.9 Å². The van der Waals surface area contributed by atoms with Gasteiger partial charge >= 0.3 is 0 Å². The molecule has 0 amide bonds. The smallest absolute Gasteiger partial charge is 0.231 e. The lowest BCUT2D eigenvalue weighted by atomic mass is 10.1. The van der Waals surface area contributed by atoms with Crippen LogP contribution in [0, 0.1) is 5.92 Å². The number of hydrogen-bond acceptors (Lipinski definition) is 5. The minimum atomic E-state index is 0.327. The number of rotatable bonds is 6. The fraction of sp³-hybridized carbons (Fsp3) is 0.579. The Labute approximate surface area is 143 Å². The third-order valence-corrected chi connectivity index (χ3v) is 5.16. The van der Waals surface area contributed by atoms with Crippen molar-refractivity contribution in [3.63, 3.8) is 0 Å². The SMILES string of the molecule is C=CCOC[C@H]1C[C@@H]2[C@@H](C1)OCCN2Cc1ccc2c(c1)OCO2. The van der Waals surface area contributed by atoms with E-state index >= 15 is 0 Å². The van der Waals surface area contributed by atoms with E-state index in [4.69, 9.17) is 18.9 Å². The zero-order valence-corrected chi connectivity index (χ0v) is 14.0. The van der Waals surface area contributed by atoms with E-state index in [1.165, 1.54) is 5.56 Å². The number of hydrogen-bond donors (Lipinski definition) is 0. The summed E-state index contributed by atoms with van der Waals surface area (Å²) < 4.78 is 22.6. The molecule has 0 bridgehead atoms. The largest absolute Gasteiger partial charge is 0.454 e. The van der Waals surface area contributed by atoms with Crippen LogP contribution in [0.25, 0.3) is 0 Å². The normalized spacial score (nSPS) is 28.8. The molecular formula is C19H25NO4. The Hall–Kier alpha value is -1.56. The highest BCUT2D eigenvalue weighted by Crippen LogP contribution is 2.37. The van der Waals surface area contributed by atoms with E-state index in [1.807, 2.05) is 12.1 Å². The first kappa shape index (κ1) is 15.9. The van der Waals surface area contributed by atoms with Crippen molar-refractivity contribution in [3.8, 4) is 11.5 Å². The Morgan fingerprint density at radius 3 is 3.08 bits per heavy atom. The molecule has 2 heterocycles. The van der Waals surface area contributed by atoms with Crippen LogP contribution in [0.4, 0.5) is 0 Å². The van der Waals surface area contributed by atoms with Crippen molar-refractivity contribution in [2.75, 3.05) is 33.2 Å². The Kier molecular flexibility index (Phi) is 4.74. The summed E-state index contributed by atoms with van der Waals surface area (Å²) in [6.07, 6.45) is 4.39. The molecule has 3 aliphatic rings. The second kappa shape index (κ2) is 7.13. The van der Waals surface area contributed by atoms with Crippen molar-refractivity contribution >= 4 is 0 Å². The topological polar surface area (TPSA) is 40.2 Å². The molecule has 1 saturated heterocycles. The molecule has 24 heavy (non-hydrogen) atoms. The van der Waals surface area contributed by atoms with Gasteiger partial charge in [-0.25, -0.2) is 0 Å². The van der Waals surface area contributed by atoms with Gasteiger partial charge < -0.3 is 18.9 Å². The average molecular weight is 331 g/mol. The number of ether oxygens (including phenoxy) is 4. The van der Waals surface area contributed by atoms with Gasteiger partial charge in [0.1, 0.15) is 0 Å². The van der Waals surface area contributed by atoms with Crippen LogP contribution in [0.5, 0.6) is 11.5 Å². The second-order valence-corrected chi connectivity index (χ2v) is 6.80. The van der Waals surface area contributed by atoms with Crippen LogP contribution in [0.1, 0.15) is 18.4 Å². The molecule has 3 atom stereocenters. The molecule has 1 aromatic carbocycles. The molecule has 5 heteroatoms. The summed E-state index contributed by atoms with van der Waals surface area (Å²) in [6.45, 7) is 8.19. The van der Waals surface area contributed by atoms with E-state index in [-0.39, 0.29) is 0 Å². The van der Waals surface area contributed by atoms with Crippen molar-refractivity contribution in [3.05, 3.63) is 36.4 Å². The number of nitrogens with zero attached hydrogens (tertiary/aromatic N) is 1. The van der Waals surface area contributed by atoms with E-state index in [1.54, 1.807) is 0 Å². The van der Waals surface area contributed by atoms with Crippen LogP contribution in [-0.2, 0) is 16.0 Å². The maximum absolute atomic E-state index is 6.02. The Morgan fingerprint density at radius 2 is 2.17 bits per heavy atom. The van der Waals surface area contributed by atoms with Gasteiger partial charge in [0.2, 0.25) is 6.79 Å². The molecule has 130 valence electrons. The fourth-order valence-corrected chi connectivity index (χ4v) is 4.05. The molecule has 0 unspecified atom stereocenters. The van der Waals surface area contributed by atoms with Gasteiger partial charge in [-0.05, 0) is 36.5 Å². The molecule has 2 aliphatic heterocycles. The first-order valence-electron chi connectivity index (χ1n) is 8.76. The molecule has 0 aromatic heterocycles. The van der Waals surface area contributed by atoms with Crippen LogP contribution in [0.3, 0.4) is 0 Å². The molecule has 5 nitrogen and oxygen atoms in total. The lowest BCUT2D eigenvalue weighted by molar-refractivity contribution is -0.0591. The summed E-state index contributed by atoms with van der Waals surface area (Å²) >= 11 is 0. The van der Waals surface area contributed by atoms with Crippen LogP contribution in [0.15, 0.2) is 30.9 Å². The minimum absolute atomic E-state index is 0.327. The maximum Gasteiger partial charge on any atom is 0.231 e. The first-order valence-corrected chi connectivity index (χ1v) is 8.76. The molecule has 4 rings (SSSR count). The van der Waals surface area contributed by atoms with Crippen molar-refractivity contribution in [1.29, 1.82) is 0 Å². The molecule has 1 aliphatic carbocycles. The van der Waals surface area contributed by atoms with Gasteiger partial charge in [-0.2, -0.15) is 0 Å². The lowest BCUT2D eigenvalue weighted by Crippen LogP contribution is -2.47. The van der Waals surface area contributed by atoms with Crippen LogP contribution in [0.2, 0.25) is 0 Å². The Bertz CT molecular complexity index is 591. The maximum atomic E-state index is 6.02. The first-order chi connectivity index (χ1) is 11.8. The van der Waals surface area contributed by atoms with Crippen molar-refractivity contribution in [2.45, 2.75) is 31.5 Å². The highest BCUT2D eigenvalue weighted by atomic mass is 16.7. The standard InChI is InChI=1S/C19H25NO4/c1-2-6-21-12-15-8-16-18(10-15)22-7-5-20(16)11-14-3-4-17-19(9-14)24-13-23-17/h2-4,9,15-16,18H,1,5-8,10-13H2/t15-,16+,18+/m0/s1. The molecular weight excluding hydrogens is 306 g/mol. The third-order valence-electron chi connectivity index (χ3n) is 5.16. The Balaban J connectivity index is 1.39. The highest BCUT2D eigenvalue weighted by molar-refractivity contribution is 5.44. The quantitative estimate of drug-likeness (QED) is 0.592. The van der Waals surface area contributed by atoms with E-state index in [0.29, 0.717) is 31.5 Å². The average Bonchev–Trinajstić information content (AvgIpc) is 3.21. The Morgan fingerprint density at radius 1 is 1.25 bits per heavy atom. The van der Waals surface area contributed by atoms with Gasteiger partial charge in [-0.3, -0.25) is 4.90 Å². The predicted molar refractivity (Wildman–Crippen MR) is 90.2 cm³/mol. The number of morpholine rings is 1. The minimum Gasteiger partial charge on any atom is -0.454 e. The third kappa shape index (κ3) is 3.29. The molecule has 0 spiro atoms. The molecule has 1 aromatic rings. The number of benzene rings is 1. The van der Waals surface area contributed by atoms with Gasteiger partial charge in [-0.1, -0.05) is 12.1 Å². The lowest BCUT2D eigenvalue weighted by Gasteiger charge is -2.37. The monoisotopic (exact) mass is 331 g/mol. The van der Waals surface area contributed by atoms with E-state index in [0.717, 1.165) is 50.6 Å². The van der Waals surface area contributed by atoms with Gasteiger partial charge in [0.25, 0.3) is 0 Å². The van der Waals surface area contributed by atoms with E-state index < -0.39 is 0 Å². The van der Waals surface area contributed by atoms with Crippen molar-refractivity contribution in [1.82, 2.24) is 4.90 Å². The van der Waals surface area contributed by atoms with Crippen LogP contribution >= 0.6 is 0 Å². The summed E-state index contributed by atoms with van der Waals surface area (Å²) in [6, 6.07) is 6.74. The van der Waals surface area contributed by atoms with Crippen LogP contribution in [-0.4, -0.2) is 50.2 Å². The van der Waals surface area contributed by atoms with E-state index in [2.05, 4.69) is 23.6 Å². The van der Waals surface area contributed by atoms with Gasteiger partial charge in [0, 0.05) is 25.7 Å². The zero-order chi connectivity index (χ0) is 16.4. The number of fused-ring (bicyclic) bond motifs is 2. The summed E-state index contributed by atoms with van der Waals surface area (Å²) in [4.78, 5) is 2.55. The second-order valence-electron chi connectivity index (χ2n) is 6.80. The molecule has 0 N–H and O–H groups in total. The summed E-state index contributed by atoms with van der Waals surface area (Å²) in [5.41, 5.74) is 1.27. The molecule has 0 radical (unpaired) electrons. The summed E-state index contributed by atoms with van der Waals surface area (Å²) in [7, 11) is 0. The fourth-order valence-electron chi connectivity index (χ4n) is 4.05. The van der Waals surface area contributed by atoms with Crippen molar-refractivity contribution in [2.24, 2.45) is 5.92 Å². The van der Waals surface area contributed by atoms with Gasteiger partial charge in [0.15, 0.2) is 11.5 Å². The zero-order valence-electron chi connectivity index (χ0n) is 14.0. The highest BCUT2D eigenvalue weighted by Gasteiger charge is 2.40.